The molecule has 0 spiro atoms. The number of ether oxygens (including phenoxy) is 1. The lowest BCUT2D eigenvalue weighted by Crippen LogP contribution is -2.28. The first kappa shape index (κ1) is 21.1. The number of nitrogens with one attached hydrogen (secondary N) is 1. The third-order valence-corrected chi connectivity index (χ3v) is 5.07. The normalized spacial score (nSPS) is 10.5. The topological polar surface area (TPSA) is 73.2 Å². The van der Waals surface area contributed by atoms with Gasteiger partial charge in [-0.25, -0.2) is 0 Å². The maximum atomic E-state index is 12.3. The van der Waals surface area contributed by atoms with E-state index in [1.165, 1.54) is 0 Å². The summed E-state index contributed by atoms with van der Waals surface area (Å²) in [5.74, 6) is 0.142. The second-order valence-corrected chi connectivity index (χ2v) is 7.28. The Morgan fingerprint density at radius 2 is 1.75 bits per heavy atom. The molecule has 32 heavy (non-hydrogen) atoms. The molecule has 1 N–H and O–H groups in total. The van der Waals surface area contributed by atoms with E-state index < -0.39 is 0 Å². The smallest absolute Gasteiger partial charge is 0.258 e. The molecule has 0 aliphatic heterocycles. The van der Waals surface area contributed by atoms with Crippen LogP contribution in [0.3, 0.4) is 0 Å². The molecule has 1 amide bonds. The number of carbonyl (C=O) groups is 2. The highest BCUT2D eigenvalue weighted by atomic mass is 16.5. The zero-order valence-corrected chi connectivity index (χ0v) is 17.5. The van der Waals surface area contributed by atoms with Gasteiger partial charge in [0.25, 0.3) is 5.91 Å². The van der Waals surface area contributed by atoms with Gasteiger partial charge in [0.05, 0.1) is 12.1 Å². The minimum absolute atomic E-state index is 0.158. The van der Waals surface area contributed by atoms with Crippen LogP contribution >= 0.6 is 0 Å². The molecule has 6 heteroatoms. The number of nitrogens with zero attached hydrogens (tertiary/aromatic N) is 2. The summed E-state index contributed by atoms with van der Waals surface area (Å²) in [6.07, 6.45) is 4.42. The van der Waals surface area contributed by atoms with Gasteiger partial charge in [-0.15, -0.1) is 0 Å². The first-order chi connectivity index (χ1) is 15.7. The van der Waals surface area contributed by atoms with Gasteiger partial charge in [0.15, 0.2) is 12.9 Å². The molecule has 1 heterocycles. The number of rotatable bonds is 9. The summed E-state index contributed by atoms with van der Waals surface area (Å²) in [6, 6.07) is 25.0. The Hall–Kier alpha value is -4.19. The second-order valence-electron chi connectivity index (χ2n) is 7.28. The van der Waals surface area contributed by atoms with E-state index in [1.54, 1.807) is 30.5 Å². The maximum absolute atomic E-state index is 12.3. The minimum atomic E-state index is -0.255. The van der Waals surface area contributed by atoms with E-state index >= 15 is 0 Å². The number of para-hydroxylation sites is 1. The van der Waals surface area contributed by atoms with Crippen LogP contribution in [-0.2, 0) is 17.9 Å². The highest BCUT2D eigenvalue weighted by Crippen LogP contribution is 2.24. The molecular formula is C26H23N3O3. The molecule has 0 unspecified atom stereocenters. The summed E-state index contributed by atoms with van der Waals surface area (Å²) in [4.78, 5) is 23.4. The number of benzene rings is 3. The van der Waals surface area contributed by atoms with E-state index in [1.807, 2.05) is 41.2 Å². The van der Waals surface area contributed by atoms with Crippen molar-refractivity contribution in [2.45, 2.75) is 13.1 Å². The molecule has 0 aliphatic carbocycles. The van der Waals surface area contributed by atoms with E-state index in [0.29, 0.717) is 24.1 Å². The quantitative estimate of drug-likeness (QED) is 0.410. The summed E-state index contributed by atoms with van der Waals surface area (Å²) in [6.45, 7) is 0.941. The van der Waals surface area contributed by atoms with E-state index in [4.69, 9.17) is 4.74 Å². The van der Waals surface area contributed by atoms with Crippen LogP contribution < -0.4 is 10.1 Å². The van der Waals surface area contributed by atoms with Crippen LogP contribution in [0.25, 0.3) is 11.1 Å². The third-order valence-electron chi connectivity index (χ3n) is 5.07. The molecule has 0 radical (unpaired) electrons. The van der Waals surface area contributed by atoms with E-state index in [9.17, 15) is 9.59 Å². The number of hydrogen-bond acceptors (Lipinski definition) is 4. The van der Waals surface area contributed by atoms with Crippen LogP contribution in [-0.4, -0.2) is 28.6 Å². The largest absolute Gasteiger partial charge is 0.483 e. The summed E-state index contributed by atoms with van der Waals surface area (Å²) in [5.41, 5.74) is 4.73. The Morgan fingerprint density at radius 3 is 2.53 bits per heavy atom. The average Bonchev–Trinajstić information content (AvgIpc) is 3.35. The lowest BCUT2D eigenvalue weighted by molar-refractivity contribution is -0.123. The van der Waals surface area contributed by atoms with Gasteiger partial charge in [0.2, 0.25) is 0 Å². The molecule has 1 aromatic heterocycles. The summed E-state index contributed by atoms with van der Waals surface area (Å²) < 4.78 is 7.38. The predicted octanol–water partition coefficient (Wildman–Crippen LogP) is 4.11. The van der Waals surface area contributed by atoms with Crippen LogP contribution in [0, 0.1) is 0 Å². The fraction of sp³-hybridized carbons (Fsp3) is 0.115. The summed E-state index contributed by atoms with van der Waals surface area (Å²) in [7, 11) is 0. The number of aromatic nitrogens is 2. The molecule has 0 saturated carbocycles. The number of hydrogen-bond donors (Lipinski definition) is 1. The third kappa shape index (κ3) is 5.29. The standard InChI is InChI=1S/C26H23N3O3/c30-18-23-7-2-4-9-25(23)32-19-26(31)27-16-22-6-1-3-8-24(22)21-12-10-20(11-13-21)17-29-15-5-14-28-29/h1-15,18H,16-17,19H2,(H,27,31). The zero-order valence-electron chi connectivity index (χ0n) is 17.5. The molecule has 0 fully saturated rings. The molecule has 6 nitrogen and oxygen atoms in total. The highest BCUT2D eigenvalue weighted by molar-refractivity contribution is 5.81. The van der Waals surface area contributed by atoms with Crippen molar-refractivity contribution >= 4 is 12.2 Å². The Kier molecular flexibility index (Phi) is 6.72. The molecule has 0 saturated heterocycles. The van der Waals surface area contributed by atoms with Crippen LogP contribution in [0.4, 0.5) is 0 Å². The van der Waals surface area contributed by atoms with Gasteiger partial charge in [-0.2, -0.15) is 5.10 Å². The van der Waals surface area contributed by atoms with Crippen molar-refractivity contribution in [3.05, 3.63) is 108 Å². The molecule has 3 aromatic carbocycles. The molecule has 0 atom stereocenters. The maximum Gasteiger partial charge on any atom is 0.258 e. The number of carbonyl (C=O) groups excluding carboxylic acids is 2. The van der Waals surface area contributed by atoms with Crippen molar-refractivity contribution in [1.29, 1.82) is 0 Å². The predicted molar refractivity (Wildman–Crippen MR) is 122 cm³/mol. The fourth-order valence-corrected chi connectivity index (χ4v) is 3.42. The Balaban J connectivity index is 1.38. The number of aldehydes is 1. The van der Waals surface area contributed by atoms with Gasteiger partial charge >= 0.3 is 0 Å². The molecule has 4 rings (SSSR count). The SMILES string of the molecule is O=Cc1ccccc1OCC(=O)NCc1ccccc1-c1ccc(Cn2cccn2)cc1. The monoisotopic (exact) mass is 425 g/mol. The Labute approximate surface area is 186 Å². The van der Waals surface area contributed by atoms with Crippen molar-refractivity contribution in [3.63, 3.8) is 0 Å². The summed E-state index contributed by atoms with van der Waals surface area (Å²) in [5, 5.41) is 7.13. The van der Waals surface area contributed by atoms with Crippen molar-refractivity contribution in [2.24, 2.45) is 0 Å². The fourth-order valence-electron chi connectivity index (χ4n) is 3.42. The lowest BCUT2D eigenvalue weighted by atomic mass is 9.98. The van der Waals surface area contributed by atoms with Gasteiger partial charge in [-0.05, 0) is 40.5 Å². The molecule has 0 bridgehead atoms. The van der Waals surface area contributed by atoms with Crippen LogP contribution in [0.1, 0.15) is 21.5 Å². The summed E-state index contributed by atoms with van der Waals surface area (Å²) >= 11 is 0. The van der Waals surface area contributed by atoms with Crippen LogP contribution in [0.15, 0.2) is 91.3 Å². The van der Waals surface area contributed by atoms with E-state index in [-0.39, 0.29) is 12.5 Å². The Bertz CT molecular complexity index is 1190. The van der Waals surface area contributed by atoms with Crippen LogP contribution in [0.5, 0.6) is 5.75 Å². The van der Waals surface area contributed by atoms with E-state index in [2.05, 4.69) is 34.7 Å². The van der Waals surface area contributed by atoms with Crippen LogP contribution in [0.2, 0.25) is 0 Å². The molecule has 160 valence electrons. The Morgan fingerprint density at radius 1 is 0.969 bits per heavy atom. The molecular weight excluding hydrogens is 402 g/mol. The van der Waals surface area contributed by atoms with E-state index in [0.717, 1.165) is 28.8 Å². The van der Waals surface area contributed by atoms with Gasteiger partial charge in [0.1, 0.15) is 5.75 Å². The first-order valence-corrected chi connectivity index (χ1v) is 10.3. The van der Waals surface area contributed by atoms with Gasteiger partial charge in [0, 0.05) is 18.9 Å². The molecule has 4 aromatic rings. The van der Waals surface area contributed by atoms with Gasteiger partial charge < -0.3 is 10.1 Å². The van der Waals surface area contributed by atoms with Crippen molar-refractivity contribution < 1.29 is 14.3 Å². The van der Waals surface area contributed by atoms with Crippen molar-refractivity contribution in [1.82, 2.24) is 15.1 Å². The average molecular weight is 425 g/mol. The van der Waals surface area contributed by atoms with Gasteiger partial charge in [-0.1, -0.05) is 60.7 Å². The second kappa shape index (κ2) is 10.2. The zero-order chi connectivity index (χ0) is 22.2. The highest BCUT2D eigenvalue weighted by Gasteiger charge is 2.09. The van der Waals surface area contributed by atoms with Crippen molar-refractivity contribution in [2.75, 3.05) is 6.61 Å². The molecule has 0 aliphatic rings. The first-order valence-electron chi connectivity index (χ1n) is 10.3. The van der Waals surface area contributed by atoms with Crippen molar-refractivity contribution in [3.8, 4) is 16.9 Å². The van der Waals surface area contributed by atoms with Gasteiger partial charge in [-0.3, -0.25) is 14.3 Å². The lowest BCUT2D eigenvalue weighted by Gasteiger charge is -2.12. The minimum Gasteiger partial charge on any atom is -0.483 e. The number of amides is 1.